The Hall–Kier alpha value is -2.23. The minimum absolute atomic E-state index is 0.557. The van der Waals surface area contributed by atoms with E-state index in [1.807, 2.05) is 48.5 Å². The van der Waals surface area contributed by atoms with Crippen LogP contribution in [0.25, 0.3) is 17.1 Å². The van der Waals surface area contributed by atoms with Crippen LogP contribution in [0.5, 0.6) is 5.75 Å². The van der Waals surface area contributed by atoms with Gasteiger partial charge >= 0.3 is 0 Å². The number of aromatic nitrogens is 2. The lowest BCUT2D eigenvalue weighted by molar-refractivity contribution is 0.412. The fourth-order valence-corrected chi connectivity index (χ4v) is 3.40. The molecule has 0 fully saturated rings. The first-order chi connectivity index (χ1) is 11.2. The standard InChI is InChI=1S/C17H12BrN3OS/c1-22-16-7-6-11(9-13(16)18)8-12(10-19)23-17-20-14-4-2-3-5-15(14)21-17/h2-9H,1H3,(H,20,21)/b12-8+. The van der Waals surface area contributed by atoms with Crippen LogP contribution < -0.4 is 4.74 Å². The molecule has 0 atom stereocenters. The number of nitrogens with one attached hydrogen (secondary N) is 1. The molecule has 0 saturated heterocycles. The molecule has 1 N–H and O–H groups in total. The summed E-state index contributed by atoms with van der Waals surface area (Å²) in [5.74, 6) is 0.755. The van der Waals surface area contributed by atoms with Crippen LogP contribution in [0, 0.1) is 11.3 Å². The fraction of sp³-hybridized carbons (Fsp3) is 0.0588. The molecular formula is C17H12BrN3OS. The Morgan fingerprint density at radius 1 is 1.35 bits per heavy atom. The van der Waals surface area contributed by atoms with E-state index < -0.39 is 0 Å². The average Bonchev–Trinajstić information content (AvgIpc) is 2.96. The third-order valence-corrected chi connectivity index (χ3v) is 4.59. The largest absolute Gasteiger partial charge is 0.496 e. The minimum Gasteiger partial charge on any atom is -0.496 e. The Balaban J connectivity index is 1.87. The van der Waals surface area contributed by atoms with E-state index in [4.69, 9.17) is 4.74 Å². The van der Waals surface area contributed by atoms with Crippen molar-refractivity contribution in [3.8, 4) is 11.8 Å². The number of methoxy groups -OCH3 is 1. The van der Waals surface area contributed by atoms with Crippen molar-refractivity contribution in [3.63, 3.8) is 0 Å². The van der Waals surface area contributed by atoms with Crippen LogP contribution in [0.3, 0.4) is 0 Å². The molecule has 114 valence electrons. The van der Waals surface area contributed by atoms with Gasteiger partial charge in [0.15, 0.2) is 5.16 Å². The van der Waals surface area contributed by atoms with Crippen LogP contribution in [0.1, 0.15) is 5.56 Å². The van der Waals surface area contributed by atoms with Gasteiger partial charge in [-0.05, 0) is 63.6 Å². The van der Waals surface area contributed by atoms with Gasteiger partial charge in [0.2, 0.25) is 0 Å². The van der Waals surface area contributed by atoms with Gasteiger partial charge in [0.05, 0.1) is 27.5 Å². The number of thioether (sulfide) groups is 1. The number of H-pyrrole nitrogens is 1. The van der Waals surface area contributed by atoms with Gasteiger partial charge in [0.1, 0.15) is 11.8 Å². The van der Waals surface area contributed by atoms with Crippen LogP contribution in [0.4, 0.5) is 0 Å². The van der Waals surface area contributed by atoms with Gasteiger partial charge in [-0.1, -0.05) is 18.2 Å². The molecule has 0 aliphatic carbocycles. The number of rotatable bonds is 4. The molecule has 0 bridgehead atoms. The van der Waals surface area contributed by atoms with Crippen LogP contribution in [-0.2, 0) is 0 Å². The third kappa shape index (κ3) is 3.58. The summed E-state index contributed by atoms with van der Waals surface area (Å²) in [6.45, 7) is 0. The molecule has 6 heteroatoms. The molecule has 3 aromatic rings. The summed E-state index contributed by atoms with van der Waals surface area (Å²) in [5.41, 5.74) is 2.76. The molecule has 0 unspecified atom stereocenters. The monoisotopic (exact) mass is 385 g/mol. The molecule has 0 aliphatic rings. The number of imidazole rings is 1. The van der Waals surface area contributed by atoms with Gasteiger partial charge in [0.25, 0.3) is 0 Å². The molecule has 1 heterocycles. The Kier molecular flexibility index (Phi) is 4.70. The highest BCUT2D eigenvalue weighted by molar-refractivity contribution is 9.10. The first-order valence-corrected chi connectivity index (χ1v) is 8.38. The Morgan fingerprint density at radius 3 is 2.87 bits per heavy atom. The number of allylic oxidation sites excluding steroid dienone is 1. The number of aromatic amines is 1. The minimum atomic E-state index is 0.557. The maximum absolute atomic E-state index is 9.38. The number of hydrogen-bond acceptors (Lipinski definition) is 4. The van der Waals surface area contributed by atoms with Crippen molar-refractivity contribution in [2.75, 3.05) is 7.11 Å². The van der Waals surface area contributed by atoms with Crippen molar-refractivity contribution >= 4 is 44.8 Å². The van der Waals surface area contributed by atoms with Crippen molar-refractivity contribution < 1.29 is 4.74 Å². The number of hydrogen-bond donors (Lipinski definition) is 1. The summed E-state index contributed by atoms with van der Waals surface area (Å²) in [4.78, 5) is 8.24. The zero-order valence-electron chi connectivity index (χ0n) is 12.2. The lowest BCUT2D eigenvalue weighted by Crippen LogP contribution is -1.85. The fourth-order valence-electron chi connectivity index (χ4n) is 2.09. The SMILES string of the molecule is COc1ccc(/C=C(\C#N)Sc2nc3ccccc3[nH]2)cc1Br. The molecule has 23 heavy (non-hydrogen) atoms. The summed E-state index contributed by atoms with van der Waals surface area (Å²) >= 11 is 4.76. The predicted octanol–water partition coefficient (Wildman–Crippen LogP) is 4.99. The van der Waals surface area contributed by atoms with Crippen LogP contribution in [0.15, 0.2) is 57.0 Å². The summed E-state index contributed by atoms with van der Waals surface area (Å²) in [7, 11) is 1.62. The molecule has 4 nitrogen and oxygen atoms in total. The van der Waals surface area contributed by atoms with Crippen molar-refractivity contribution in [2.24, 2.45) is 0 Å². The molecule has 1 aromatic heterocycles. The quantitative estimate of drug-likeness (QED) is 0.507. The topological polar surface area (TPSA) is 61.7 Å². The number of halogens is 1. The summed E-state index contributed by atoms with van der Waals surface area (Å²) in [5, 5.41) is 10.1. The van der Waals surface area contributed by atoms with Crippen molar-refractivity contribution in [3.05, 3.63) is 57.4 Å². The molecular weight excluding hydrogens is 374 g/mol. The molecule has 0 spiro atoms. The van der Waals surface area contributed by atoms with Crippen LogP contribution in [-0.4, -0.2) is 17.1 Å². The van der Waals surface area contributed by atoms with Gasteiger partial charge in [-0.2, -0.15) is 5.26 Å². The normalized spacial score (nSPS) is 11.4. The van der Waals surface area contributed by atoms with Crippen molar-refractivity contribution in [1.29, 1.82) is 5.26 Å². The lowest BCUT2D eigenvalue weighted by Gasteiger charge is -2.03. The number of nitriles is 1. The molecule has 0 saturated carbocycles. The van der Waals surface area contributed by atoms with Gasteiger partial charge < -0.3 is 9.72 Å². The lowest BCUT2D eigenvalue weighted by atomic mass is 10.2. The Bertz CT molecular complexity index is 894. The number of fused-ring (bicyclic) bond motifs is 1. The Morgan fingerprint density at radius 2 is 2.17 bits per heavy atom. The average molecular weight is 386 g/mol. The molecule has 2 aromatic carbocycles. The number of benzene rings is 2. The van der Waals surface area contributed by atoms with Crippen molar-refractivity contribution in [2.45, 2.75) is 5.16 Å². The maximum Gasteiger partial charge on any atom is 0.171 e. The molecule has 3 rings (SSSR count). The van der Waals surface area contributed by atoms with Gasteiger partial charge in [-0.3, -0.25) is 0 Å². The van der Waals surface area contributed by atoms with E-state index in [1.54, 1.807) is 7.11 Å². The smallest absolute Gasteiger partial charge is 0.171 e. The number of nitrogens with zero attached hydrogens (tertiary/aromatic N) is 2. The maximum atomic E-state index is 9.38. The van der Waals surface area contributed by atoms with Crippen molar-refractivity contribution in [1.82, 2.24) is 9.97 Å². The van der Waals surface area contributed by atoms with E-state index >= 15 is 0 Å². The zero-order valence-corrected chi connectivity index (χ0v) is 14.6. The molecule has 0 radical (unpaired) electrons. The molecule has 0 aliphatic heterocycles. The first-order valence-electron chi connectivity index (χ1n) is 6.77. The van der Waals surface area contributed by atoms with Crippen LogP contribution in [0.2, 0.25) is 0 Å². The highest BCUT2D eigenvalue weighted by Gasteiger charge is 2.07. The second kappa shape index (κ2) is 6.90. The van der Waals surface area contributed by atoms with E-state index in [-0.39, 0.29) is 0 Å². The first kappa shape index (κ1) is 15.7. The second-order valence-corrected chi connectivity index (χ2v) is 6.56. The number of ether oxygens (including phenoxy) is 1. The predicted molar refractivity (Wildman–Crippen MR) is 96.2 cm³/mol. The summed E-state index contributed by atoms with van der Waals surface area (Å²) in [6.07, 6.45) is 1.82. The van der Waals surface area contributed by atoms with Gasteiger partial charge in [-0.15, -0.1) is 0 Å². The molecule has 0 amide bonds. The summed E-state index contributed by atoms with van der Waals surface area (Å²) < 4.78 is 6.05. The Labute approximate surface area is 146 Å². The second-order valence-electron chi connectivity index (χ2n) is 4.68. The highest BCUT2D eigenvalue weighted by atomic mass is 79.9. The van der Waals surface area contributed by atoms with Gasteiger partial charge in [-0.25, -0.2) is 4.98 Å². The number of para-hydroxylation sites is 2. The van der Waals surface area contributed by atoms with Gasteiger partial charge in [0, 0.05) is 0 Å². The van der Waals surface area contributed by atoms with E-state index in [9.17, 15) is 5.26 Å². The van der Waals surface area contributed by atoms with E-state index in [0.717, 1.165) is 26.8 Å². The highest BCUT2D eigenvalue weighted by Crippen LogP contribution is 2.30. The van der Waals surface area contributed by atoms with E-state index in [0.29, 0.717) is 10.1 Å². The summed E-state index contributed by atoms with van der Waals surface area (Å²) in [6, 6.07) is 15.7. The third-order valence-electron chi connectivity index (χ3n) is 3.16. The zero-order chi connectivity index (χ0) is 16.2. The van der Waals surface area contributed by atoms with E-state index in [2.05, 4.69) is 32.0 Å². The van der Waals surface area contributed by atoms with E-state index in [1.165, 1.54) is 11.8 Å². The van der Waals surface area contributed by atoms with Crippen LogP contribution >= 0.6 is 27.7 Å².